The first-order valence-electron chi connectivity index (χ1n) is 6.90. The Balaban J connectivity index is 1.96. The van der Waals surface area contributed by atoms with Crippen molar-refractivity contribution in [1.29, 1.82) is 0 Å². The topological polar surface area (TPSA) is 58.6 Å². The molecule has 2 N–H and O–H groups in total. The van der Waals surface area contributed by atoms with Crippen molar-refractivity contribution in [2.45, 2.75) is 31.8 Å². The Hall–Kier alpha value is -1.62. The van der Waals surface area contributed by atoms with Gasteiger partial charge in [0.05, 0.1) is 18.8 Å². The normalized spacial score (nSPS) is 22.4. The number of nitrogens with one attached hydrogen (secondary N) is 1. The number of halogens is 1. The molecule has 1 saturated carbocycles. The molecule has 20 heavy (non-hydrogen) atoms. The maximum absolute atomic E-state index is 13.2. The Morgan fingerprint density at radius 1 is 1.50 bits per heavy atom. The molecule has 2 unspecified atom stereocenters. The van der Waals surface area contributed by atoms with Gasteiger partial charge in [-0.1, -0.05) is 6.42 Å². The molecule has 110 valence electrons. The number of hydrogen-bond acceptors (Lipinski definition) is 3. The average molecular weight is 281 g/mol. The standard InChI is InChI=1S/C15H20FNO3/c1-20-14-6-5-11(16)8-13(14)15(19)17-9-10-3-2-4-12(18)7-10/h5-6,8,10,12,18H,2-4,7,9H2,1H3,(H,17,19). The maximum Gasteiger partial charge on any atom is 0.255 e. The zero-order valence-electron chi connectivity index (χ0n) is 11.6. The van der Waals surface area contributed by atoms with Crippen molar-refractivity contribution in [3.8, 4) is 5.75 Å². The summed E-state index contributed by atoms with van der Waals surface area (Å²) in [5.74, 6) is -0.180. The first kappa shape index (κ1) is 14.8. The zero-order valence-corrected chi connectivity index (χ0v) is 11.6. The van der Waals surface area contributed by atoms with Crippen LogP contribution in [0.25, 0.3) is 0 Å². The van der Waals surface area contributed by atoms with Gasteiger partial charge in [-0.3, -0.25) is 4.79 Å². The summed E-state index contributed by atoms with van der Waals surface area (Å²) >= 11 is 0. The minimum Gasteiger partial charge on any atom is -0.496 e. The van der Waals surface area contributed by atoms with Crippen molar-refractivity contribution >= 4 is 5.91 Å². The van der Waals surface area contributed by atoms with Crippen LogP contribution in [0.5, 0.6) is 5.75 Å². The van der Waals surface area contributed by atoms with E-state index in [1.807, 2.05) is 0 Å². The highest BCUT2D eigenvalue weighted by atomic mass is 19.1. The number of methoxy groups -OCH3 is 1. The lowest BCUT2D eigenvalue weighted by molar-refractivity contribution is 0.0871. The number of benzene rings is 1. The molecule has 0 spiro atoms. The minimum absolute atomic E-state index is 0.198. The van der Waals surface area contributed by atoms with Crippen LogP contribution in [0.4, 0.5) is 4.39 Å². The van der Waals surface area contributed by atoms with Gasteiger partial charge in [0.2, 0.25) is 0 Å². The van der Waals surface area contributed by atoms with Crippen LogP contribution in [-0.4, -0.2) is 30.8 Å². The zero-order chi connectivity index (χ0) is 14.5. The van der Waals surface area contributed by atoms with Crippen molar-refractivity contribution < 1.29 is 19.0 Å². The van der Waals surface area contributed by atoms with Gasteiger partial charge in [0.1, 0.15) is 11.6 Å². The maximum atomic E-state index is 13.2. The Labute approximate surface area is 117 Å². The van der Waals surface area contributed by atoms with E-state index in [2.05, 4.69) is 5.32 Å². The van der Waals surface area contributed by atoms with Crippen LogP contribution in [0, 0.1) is 11.7 Å². The fourth-order valence-electron chi connectivity index (χ4n) is 2.64. The molecule has 0 radical (unpaired) electrons. The largest absolute Gasteiger partial charge is 0.496 e. The van der Waals surface area contributed by atoms with E-state index in [1.165, 1.54) is 25.3 Å². The van der Waals surface area contributed by atoms with E-state index in [4.69, 9.17) is 4.74 Å². The summed E-state index contributed by atoms with van der Waals surface area (Å²) in [4.78, 5) is 12.1. The number of rotatable bonds is 4. The Morgan fingerprint density at radius 2 is 2.30 bits per heavy atom. The lowest BCUT2D eigenvalue weighted by atomic mass is 9.87. The molecule has 0 heterocycles. The second-order valence-corrected chi connectivity index (χ2v) is 5.24. The van der Waals surface area contributed by atoms with Gasteiger partial charge in [0.25, 0.3) is 5.91 Å². The van der Waals surface area contributed by atoms with Crippen LogP contribution in [0.3, 0.4) is 0 Å². The Kier molecular flexibility index (Phi) is 4.95. The molecule has 0 bridgehead atoms. The summed E-state index contributed by atoms with van der Waals surface area (Å²) in [5, 5.41) is 12.4. The molecule has 1 aromatic rings. The first-order chi connectivity index (χ1) is 9.60. The monoisotopic (exact) mass is 281 g/mol. The Morgan fingerprint density at radius 3 is 3.00 bits per heavy atom. The molecule has 1 fully saturated rings. The third-order valence-electron chi connectivity index (χ3n) is 3.71. The van der Waals surface area contributed by atoms with Gasteiger partial charge in [0.15, 0.2) is 0 Å². The minimum atomic E-state index is -0.468. The van der Waals surface area contributed by atoms with Crippen molar-refractivity contribution in [2.24, 2.45) is 5.92 Å². The van der Waals surface area contributed by atoms with Gasteiger partial charge >= 0.3 is 0 Å². The smallest absolute Gasteiger partial charge is 0.255 e. The third kappa shape index (κ3) is 3.70. The quantitative estimate of drug-likeness (QED) is 0.888. The van der Waals surface area contributed by atoms with Gasteiger partial charge in [-0.2, -0.15) is 0 Å². The summed E-state index contributed by atoms with van der Waals surface area (Å²) in [6.07, 6.45) is 3.25. The summed E-state index contributed by atoms with van der Waals surface area (Å²) in [6.45, 7) is 0.496. The second-order valence-electron chi connectivity index (χ2n) is 5.24. The van der Waals surface area contributed by atoms with E-state index in [0.717, 1.165) is 19.3 Å². The van der Waals surface area contributed by atoms with Crippen molar-refractivity contribution in [3.63, 3.8) is 0 Å². The second kappa shape index (κ2) is 6.70. The predicted octanol–water partition coefficient (Wildman–Crippen LogP) is 2.12. The van der Waals surface area contributed by atoms with Crippen LogP contribution in [0.2, 0.25) is 0 Å². The SMILES string of the molecule is COc1ccc(F)cc1C(=O)NCC1CCCC(O)C1. The summed E-state index contributed by atoms with van der Waals surface area (Å²) < 4.78 is 18.3. The lowest BCUT2D eigenvalue weighted by Crippen LogP contribution is -2.33. The molecule has 1 aromatic carbocycles. The van der Waals surface area contributed by atoms with Crippen molar-refractivity contribution in [1.82, 2.24) is 5.32 Å². The van der Waals surface area contributed by atoms with Gasteiger partial charge in [-0.05, 0) is 43.4 Å². The summed E-state index contributed by atoms with van der Waals surface area (Å²) in [7, 11) is 1.45. The highest BCUT2D eigenvalue weighted by Crippen LogP contribution is 2.24. The van der Waals surface area contributed by atoms with Crippen LogP contribution < -0.4 is 10.1 Å². The fraction of sp³-hybridized carbons (Fsp3) is 0.533. The predicted molar refractivity (Wildman–Crippen MR) is 73.3 cm³/mol. The molecule has 5 heteroatoms. The first-order valence-corrected chi connectivity index (χ1v) is 6.90. The molecule has 2 atom stereocenters. The van der Waals surface area contributed by atoms with E-state index < -0.39 is 5.82 Å². The van der Waals surface area contributed by atoms with Gasteiger partial charge in [-0.25, -0.2) is 4.39 Å². The molecule has 0 aromatic heterocycles. The Bertz CT molecular complexity index is 478. The number of hydrogen-bond donors (Lipinski definition) is 2. The van der Waals surface area contributed by atoms with Crippen LogP contribution >= 0.6 is 0 Å². The fourth-order valence-corrected chi connectivity index (χ4v) is 2.64. The molecule has 1 aliphatic rings. The van der Waals surface area contributed by atoms with E-state index in [0.29, 0.717) is 18.7 Å². The number of amides is 1. The number of aliphatic hydroxyl groups excluding tert-OH is 1. The molecule has 1 amide bonds. The van der Waals surface area contributed by atoms with Gasteiger partial charge in [0, 0.05) is 6.54 Å². The third-order valence-corrected chi connectivity index (χ3v) is 3.71. The molecular weight excluding hydrogens is 261 g/mol. The van der Waals surface area contributed by atoms with E-state index in [-0.39, 0.29) is 23.5 Å². The average Bonchev–Trinajstić information content (AvgIpc) is 2.45. The van der Waals surface area contributed by atoms with E-state index in [1.54, 1.807) is 0 Å². The van der Waals surface area contributed by atoms with Crippen molar-refractivity contribution in [2.75, 3.05) is 13.7 Å². The number of aliphatic hydroxyl groups is 1. The van der Waals surface area contributed by atoms with Gasteiger partial charge < -0.3 is 15.2 Å². The molecular formula is C15H20FNO3. The molecule has 1 aliphatic carbocycles. The molecule has 0 saturated heterocycles. The molecule has 0 aliphatic heterocycles. The summed E-state index contributed by atoms with van der Waals surface area (Å²) in [5.41, 5.74) is 0.198. The highest BCUT2D eigenvalue weighted by Gasteiger charge is 2.21. The number of carbonyl (C=O) groups excluding carboxylic acids is 1. The number of ether oxygens (including phenoxy) is 1. The van der Waals surface area contributed by atoms with Crippen LogP contribution in [0.15, 0.2) is 18.2 Å². The van der Waals surface area contributed by atoms with E-state index >= 15 is 0 Å². The van der Waals surface area contributed by atoms with E-state index in [9.17, 15) is 14.3 Å². The molecule has 4 nitrogen and oxygen atoms in total. The van der Waals surface area contributed by atoms with Gasteiger partial charge in [-0.15, -0.1) is 0 Å². The molecule has 2 rings (SSSR count). The summed E-state index contributed by atoms with van der Waals surface area (Å²) in [6, 6.07) is 3.87. The van der Waals surface area contributed by atoms with Crippen molar-refractivity contribution in [3.05, 3.63) is 29.6 Å². The number of carbonyl (C=O) groups is 1. The highest BCUT2D eigenvalue weighted by molar-refractivity contribution is 5.96. The van der Waals surface area contributed by atoms with Crippen LogP contribution in [-0.2, 0) is 0 Å². The lowest BCUT2D eigenvalue weighted by Gasteiger charge is -2.26. The van der Waals surface area contributed by atoms with Crippen LogP contribution in [0.1, 0.15) is 36.0 Å².